The monoisotopic (exact) mass is 317 g/mol. The molecule has 6 nitrogen and oxygen atoms in total. The number of amides is 1. The van der Waals surface area contributed by atoms with E-state index in [4.69, 9.17) is 0 Å². The molecule has 22 heavy (non-hydrogen) atoms. The second-order valence-corrected chi connectivity index (χ2v) is 6.08. The van der Waals surface area contributed by atoms with E-state index in [9.17, 15) is 4.79 Å². The van der Waals surface area contributed by atoms with Gasteiger partial charge in [-0.1, -0.05) is 13.0 Å². The summed E-state index contributed by atoms with van der Waals surface area (Å²) in [6.45, 7) is 7.30. The highest BCUT2D eigenvalue weighted by Gasteiger charge is 2.17. The summed E-state index contributed by atoms with van der Waals surface area (Å²) in [5.41, 5.74) is 0. The fourth-order valence-electron chi connectivity index (χ4n) is 2.44. The van der Waals surface area contributed by atoms with Crippen molar-refractivity contribution in [1.29, 1.82) is 0 Å². The summed E-state index contributed by atoms with van der Waals surface area (Å²) in [4.78, 5) is 17.3. The van der Waals surface area contributed by atoms with Crippen molar-refractivity contribution < 1.29 is 4.79 Å². The van der Waals surface area contributed by atoms with Gasteiger partial charge < -0.3 is 15.1 Å². The van der Waals surface area contributed by atoms with Crippen molar-refractivity contribution in [3.8, 4) is 0 Å². The van der Waals surface area contributed by atoms with Crippen LogP contribution in [0.25, 0.3) is 0 Å². The number of piperazine rings is 1. The molecule has 0 aromatic carbocycles. The molecule has 7 heteroatoms. The summed E-state index contributed by atoms with van der Waals surface area (Å²) in [6, 6.07) is 7.36. The number of rotatable bonds is 4. The van der Waals surface area contributed by atoms with Gasteiger partial charge in [-0.05, 0) is 30.1 Å². The maximum Gasteiger partial charge on any atom is 0.266 e. The van der Waals surface area contributed by atoms with Crippen molar-refractivity contribution in [3.63, 3.8) is 0 Å². The Hall–Kier alpha value is -1.99. The highest BCUT2D eigenvalue weighted by Crippen LogP contribution is 2.15. The third-order valence-electron chi connectivity index (χ3n) is 3.78. The van der Waals surface area contributed by atoms with Gasteiger partial charge in [0.1, 0.15) is 0 Å². The molecule has 0 atom stereocenters. The summed E-state index contributed by atoms with van der Waals surface area (Å²) < 4.78 is 0. The van der Waals surface area contributed by atoms with Crippen LogP contribution in [0.3, 0.4) is 0 Å². The van der Waals surface area contributed by atoms with Crippen molar-refractivity contribution in [2.24, 2.45) is 0 Å². The van der Waals surface area contributed by atoms with E-state index < -0.39 is 0 Å². The molecule has 3 rings (SSSR count). The normalized spacial score (nSPS) is 15.8. The van der Waals surface area contributed by atoms with E-state index in [0.29, 0.717) is 10.7 Å². The van der Waals surface area contributed by atoms with Crippen LogP contribution in [0, 0.1) is 0 Å². The minimum atomic E-state index is -0.145. The highest BCUT2D eigenvalue weighted by molar-refractivity contribution is 7.12. The molecule has 1 fully saturated rings. The van der Waals surface area contributed by atoms with Gasteiger partial charge in [-0.2, -0.15) is 0 Å². The lowest BCUT2D eigenvalue weighted by atomic mass is 10.3. The largest absolute Gasteiger partial charge is 0.353 e. The maximum atomic E-state index is 11.9. The number of hydrogen-bond acceptors (Lipinski definition) is 6. The molecule has 2 aromatic heterocycles. The molecule has 1 saturated heterocycles. The van der Waals surface area contributed by atoms with Gasteiger partial charge >= 0.3 is 0 Å². The molecule has 1 aliphatic heterocycles. The molecular weight excluding hydrogens is 298 g/mol. The van der Waals surface area contributed by atoms with Crippen molar-refractivity contribution in [1.82, 2.24) is 15.1 Å². The zero-order valence-corrected chi connectivity index (χ0v) is 13.3. The molecule has 0 aliphatic carbocycles. The predicted octanol–water partition coefficient (Wildman–Crippen LogP) is 1.93. The SMILES string of the molecule is CCN1CCN(c2ccc(NC(=O)c3cccs3)nn2)CC1. The zero-order valence-electron chi connectivity index (χ0n) is 12.5. The number of carbonyl (C=O) groups is 1. The van der Waals surface area contributed by atoms with Crippen molar-refractivity contribution in [2.75, 3.05) is 42.9 Å². The van der Waals surface area contributed by atoms with E-state index in [-0.39, 0.29) is 5.91 Å². The van der Waals surface area contributed by atoms with Crippen molar-refractivity contribution in [2.45, 2.75) is 6.92 Å². The molecule has 0 unspecified atom stereocenters. The third kappa shape index (κ3) is 3.42. The number of thiophene rings is 1. The number of likely N-dealkylation sites (N-methyl/N-ethyl adjacent to an activating group) is 1. The Bertz CT molecular complexity index is 605. The van der Waals surface area contributed by atoms with E-state index in [1.54, 1.807) is 12.1 Å². The summed E-state index contributed by atoms with van der Waals surface area (Å²) >= 11 is 1.41. The predicted molar refractivity (Wildman–Crippen MR) is 88.6 cm³/mol. The summed E-state index contributed by atoms with van der Waals surface area (Å²) in [5.74, 6) is 1.20. The minimum absolute atomic E-state index is 0.145. The smallest absolute Gasteiger partial charge is 0.266 e. The van der Waals surface area contributed by atoms with Crippen LogP contribution in [0.15, 0.2) is 29.6 Å². The molecule has 1 aliphatic rings. The Balaban J connectivity index is 1.60. The molecule has 0 saturated carbocycles. The lowest BCUT2D eigenvalue weighted by Crippen LogP contribution is -2.46. The van der Waals surface area contributed by atoms with E-state index >= 15 is 0 Å². The van der Waals surface area contributed by atoms with Gasteiger partial charge in [0.2, 0.25) is 0 Å². The van der Waals surface area contributed by atoms with Gasteiger partial charge in [0.25, 0.3) is 5.91 Å². The molecule has 0 bridgehead atoms. The summed E-state index contributed by atoms with van der Waals surface area (Å²) in [7, 11) is 0. The van der Waals surface area contributed by atoms with Gasteiger partial charge in [-0.25, -0.2) is 0 Å². The Morgan fingerprint density at radius 2 is 2.05 bits per heavy atom. The van der Waals surface area contributed by atoms with Crippen LogP contribution in [-0.2, 0) is 0 Å². The van der Waals surface area contributed by atoms with Crippen LogP contribution < -0.4 is 10.2 Å². The van der Waals surface area contributed by atoms with Crippen LogP contribution in [0.2, 0.25) is 0 Å². The molecule has 116 valence electrons. The average molecular weight is 317 g/mol. The first-order valence-electron chi connectivity index (χ1n) is 7.42. The Labute approximate surface area is 133 Å². The standard InChI is InChI=1S/C15H19N5OS/c1-2-19-7-9-20(10-8-19)14-6-5-13(17-18-14)16-15(21)12-4-3-11-22-12/h3-6,11H,2,7-10H2,1H3,(H,16,17,21). The lowest BCUT2D eigenvalue weighted by molar-refractivity contribution is 0.103. The van der Waals surface area contributed by atoms with Gasteiger partial charge in [-0.3, -0.25) is 4.79 Å². The third-order valence-corrected chi connectivity index (χ3v) is 4.65. The van der Waals surface area contributed by atoms with E-state index in [1.165, 1.54) is 11.3 Å². The molecule has 0 radical (unpaired) electrons. The van der Waals surface area contributed by atoms with Gasteiger partial charge in [-0.15, -0.1) is 21.5 Å². The van der Waals surface area contributed by atoms with E-state index in [1.807, 2.05) is 17.5 Å². The number of aromatic nitrogens is 2. The summed E-state index contributed by atoms with van der Waals surface area (Å²) in [5, 5.41) is 13.0. The van der Waals surface area contributed by atoms with Crippen molar-refractivity contribution >= 4 is 28.9 Å². The average Bonchev–Trinajstić information content (AvgIpc) is 3.10. The first-order valence-corrected chi connectivity index (χ1v) is 8.30. The second-order valence-electron chi connectivity index (χ2n) is 5.13. The number of hydrogen-bond donors (Lipinski definition) is 1. The second kappa shape index (κ2) is 6.85. The van der Waals surface area contributed by atoms with Crippen molar-refractivity contribution in [3.05, 3.63) is 34.5 Å². The number of nitrogens with zero attached hydrogens (tertiary/aromatic N) is 4. The number of anilines is 2. The van der Waals surface area contributed by atoms with Crippen LogP contribution in [0.5, 0.6) is 0 Å². The van der Waals surface area contributed by atoms with Gasteiger partial charge in [0.15, 0.2) is 11.6 Å². The Kier molecular flexibility index (Phi) is 4.65. The topological polar surface area (TPSA) is 61.4 Å². The molecular formula is C15H19N5OS. The Morgan fingerprint density at radius 1 is 1.23 bits per heavy atom. The summed E-state index contributed by atoms with van der Waals surface area (Å²) in [6.07, 6.45) is 0. The van der Waals surface area contributed by atoms with E-state index in [2.05, 4.69) is 32.2 Å². The van der Waals surface area contributed by atoms with Crippen LogP contribution >= 0.6 is 11.3 Å². The fraction of sp³-hybridized carbons (Fsp3) is 0.400. The molecule has 3 heterocycles. The zero-order chi connectivity index (χ0) is 15.4. The molecule has 1 amide bonds. The minimum Gasteiger partial charge on any atom is -0.353 e. The van der Waals surface area contributed by atoms with Crippen LogP contribution in [0.1, 0.15) is 16.6 Å². The fourth-order valence-corrected chi connectivity index (χ4v) is 3.06. The van der Waals surface area contributed by atoms with Gasteiger partial charge in [0.05, 0.1) is 4.88 Å². The van der Waals surface area contributed by atoms with Gasteiger partial charge in [0, 0.05) is 26.2 Å². The maximum absolute atomic E-state index is 11.9. The number of carbonyl (C=O) groups excluding carboxylic acids is 1. The van der Waals surface area contributed by atoms with E-state index in [0.717, 1.165) is 38.5 Å². The highest BCUT2D eigenvalue weighted by atomic mass is 32.1. The quantitative estimate of drug-likeness (QED) is 0.934. The first-order chi connectivity index (χ1) is 10.8. The van der Waals surface area contributed by atoms with Crippen LogP contribution in [0.4, 0.5) is 11.6 Å². The number of nitrogens with one attached hydrogen (secondary N) is 1. The lowest BCUT2D eigenvalue weighted by Gasteiger charge is -2.34. The molecule has 0 spiro atoms. The first kappa shape index (κ1) is 14.9. The molecule has 1 N–H and O–H groups in total. The molecule has 2 aromatic rings. The Morgan fingerprint density at radius 3 is 2.64 bits per heavy atom. The van der Waals surface area contributed by atoms with Crippen LogP contribution in [-0.4, -0.2) is 53.7 Å².